The zero-order valence-electron chi connectivity index (χ0n) is 51.4. The van der Waals surface area contributed by atoms with Crippen LogP contribution in [0.3, 0.4) is 0 Å². The summed E-state index contributed by atoms with van der Waals surface area (Å²) in [5.74, 6) is -5.56. The van der Waals surface area contributed by atoms with Crippen molar-refractivity contribution < 1.29 is 90.9 Å². The smallest absolute Gasteiger partial charge is 0.408 e. The van der Waals surface area contributed by atoms with Gasteiger partial charge in [-0.1, -0.05) is 20.8 Å². The lowest BCUT2D eigenvalue weighted by Gasteiger charge is -2.37. The maximum absolute atomic E-state index is 14.4. The van der Waals surface area contributed by atoms with Crippen LogP contribution in [0.25, 0.3) is 22.3 Å². The van der Waals surface area contributed by atoms with E-state index in [0.29, 0.717) is 54.2 Å². The Morgan fingerprint density at radius 1 is 0.784 bits per heavy atom. The molecule has 6 amide bonds. The number of likely N-dealkylation sites (tertiary alicyclic amines) is 1. The predicted octanol–water partition coefficient (Wildman–Crippen LogP) is 3.59. The molecule has 6 N–H and O–H groups in total. The van der Waals surface area contributed by atoms with E-state index >= 15 is 0 Å². The number of hydrogen-bond acceptors (Lipinski definition) is 20. The molecule has 2 aromatic heterocycles. The van der Waals surface area contributed by atoms with Crippen molar-refractivity contribution in [1.29, 1.82) is 0 Å². The summed E-state index contributed by atoms with van der Waals surface area (Å²) in [6.45, 7) is 16.2. The van der Waals surface area contributed by atoms with Crippen LogP contribution in [0.1, 0.15) is 130 Å². The van der Waals surface area contributed by atoms with Gasteiger partial charge in [0.2, 0.25) is 36.0 Å². The molecule has 1 saturated heterocycles. The standard InChI is InChI=1S/C60H82N8O20/c1-10-60(38-28-43-49-36(31-68(43)52(74)37(38)32-83-55(60)77)26-35-27-44-45(85-33-84-44)29-40(35)64-49)86-54(76)48(34(2)3)66-51(73)42-15-13-19-67(42)53(75)41(30-47(70)71)63-46(69)16-20-80-22-24-82-25-23-81-21-18-61-50(72)39(65-57(79)88-59(7,8)9)14-11-12-17-62-56(78)87-58(4,5)6/h26-29,34,39,41-42,48H,10-25,30-33H2,1-9H3,(H,61,72)(H,62,78)(H,63,69)(H,65,79)(H,66,73)(H,70,71)/t39-,41-,42-,48-,60-/m0/s1. The molecule has 0 spiro atoms. The second-order valence-corrected chi connectivity index (χ2v) is 24.0. The topological polar surface area (TPSA) is 355 Å². The van der Waals surface area contributed by atoms with E-state index in [-0.39, 0.29) is 109 Å². The highest BCUT2D eigenvalue weighted by atomic mass is 16.7. The first-order valence-corrected chi connectivity index (χ1v) is 29.7. The number of alkyl carbamates (subject to hydrolysis) is 2. The number of fused-ring (bicyclic) bond motifs is 6. The zero-order chi connectivity index (χ0) is 64.1. The van der Waals surface area contributed by atoms with E-state index in [0.717, 1.165) is 10.9 Å². The Morgan fingerprint density at radius 2 is 1.45 bits per heavy atom. The van der Waals surface area contributed by atoms with E-state index in [1.165, 1.54) is 9.47 Å². The minimum absolute atomic E-state index is 0.0415. The van der Waals surface area contributed by atoms with Crippen LogP contribution in [-0.2, 0) is 85.5 Å². The Balaban J connectivity index is 0.842. The van der Waals surface area contributed by atoms with E-state index in [9.17, 15) is 53.1 Å². The third-order valence-corrected chi connectivity index (χ3v) is 14.7. The third-order valence-electron chi connectivity index (χ3n) is 14.7. The average molecular weight is 1240 g/mol. The van der Waals surface area contributed by atoms with Crippen molar-refractivity contribution in [2.24, 2.45) is 5.92 Å². The van der Waals surface area contributed by atoms with Gasteiger partial charge in [-0.3, -0.25) is 28.8 Å². The summed E-state index contributed by atoms with van der Waals surface area (Å²) in [5.41, 5.74) is -1.53. The van der Waals surface area contributed by atoms with Gasteiger partial charge in [-0.2, -0.15) is 0 Å². The van der Waals surface area contributed by atoms with Gasteiger partial charge in [-0.05, 0) is 104 Å². The van der Waals surface area contributed by atoms with Crippen molar-refractivity contribution in [1.82, 2.24) is 41.0 Å². The van der Waals surface area contributed by atoms with Gasteiger partial charge in [0.1, 0.15) is 42.0 Å². The van der Waals surface area contributed by atoms with E-state index in [1.807, 2.05) is 12.1 Å². The van der Waals surface area contributed by atoms with Crippen molar-refractivity contribution in [2.45, 2.75) is 168 Å². The molecule has 0 radical (unpaired) electrons. The molecule has 6 heterocycles. The Kier molecular flexibility index (Phi) is 22.8. The molecule has 28 nitrogen and oxygen atoms in total. The van der Waals surface area contributed by atoms with Crippen LogP contribution in [-0.4, -0.2) is 175 Å². The summed E-state index contributed by atoms with van der Waals surface area (Å²) in [6.07, 6.45) is -0.700. The summed E-state index contributed by atoms with van der Waals surface area (Å²) in [6, 6.07) is 2.07. The number of cyclic esters (lactones) is 1. The molecule has 4 aliphatic heterocycles. The third kappa shape index (κ3) is 17.6. The molecule has 4 aliphatic rings. The molecule has 88 heavy (non-hydrogen) atoms. The number of benzene rings is 1. The summed E-state index contributed by atoms with van der Waals surface area (Å²) >= 11 is 0. The van der Waals surface area contributed by atoms with Crippen molar-refractivity contribution in [3.63, 3.8) is 0 Å². The molecule has 7 rings (SSSR count). The molecule has 0 aliphatic carbocycles. The van der Waals surface area contributed by atoms with Crippen molar-refractivity contribution >= 4 is 64.6 Å². The molecule has 0 saturated carbocycles. The number of carbonyl (C=O) groups excluding carboxylic acids is 8. The van der Waals surface area contributed by atoms with Crippen LogP contribution < -0.4 is 41.6 Å². The Morgan fingerprint density at radius 3 is 2.12 bits per heavy atom. The van der Waals surface area contributed by atoms with Crippen molar-refractivity contribution in [2.75, 3.05) is 66.1 Å². The van der Waals surface area contributed by atoms with E-state index in [1.54, 1.807) is 74.4 Å². The predicted molar refractivity (Wildman–Crippen MR) is 312 cm³/mol. The van der Waals surface area contributed by atoms with Gasteiger partial charge in [0, 0.05) is 48.6 Å². The maximum atomic E-state index is 14.4. The van der Waals surface area contributed by atoms with Gasteiger partial charge in [-0.15, -0.1) is 0 Å². The number of ether oxygens (including phenoxy) is 9. The van der Waals surface area contributed by atoms with Gasteiger partial charge in [0.05, 0.1) is 75.1 Å². The summed E-state index contributed by atoms with van der Waals surface area (Å²) in [4.78, 5) is 139. The largest absolute Gasteiger partial charge is 0.481 e. The van der Waals surface area contributed by atoms with Gasteiger partial charge in [0.25, 0.3) is 5.56 Å². The molecule has 28 heteroatoms. The lowest BCUT2D eigenvalue weighted by molar-refractivity contribution is -0.191. The molecular formula is C60H82N8O20. The number of carboxylic acids is 1. The van der Waals surface area contributed by atoms with E-state index in [4.69, 9.17) is 47.6 Å². The molecular weight excluding hydrogens is 1150 g/mol. The van der Waals surface area contributed by atoms with Gasteiger partial charge in [-0.25, -0.2) is 24.2 Å². The fourth-order valence-electron chi connectivity index (χ4n) is 10.4. The molecule has 0 unspecified atom stereocenters. The quantitative estimate of drug-likeness (QED) is 0.0257. The molecule has 1 aromatic carbocycles. The fourth-order valence-corrected chi connectivity index (χ4v) is 10.4. The number of unbranched alkanes of at least 4 members (excludes halogenated alkanes) is 1. The van der Waals surface area contributed by atoms with Crippen LogP contribution in [0.5, 0.6) is 11.5 Å². The number of rotatable bonds is 29. The first-order chi connectivity index (χ1) is 41.7. The number of nitrogens with one attached hydrogen (secondary N) is 5. The van der Waals surface area contributed by atoms with Crippen LogP contribution in [0.2, 0.25) is 0 Å². The monoisotopic (exact) mass is 1230 g/mol. The SMILES string of the molecule is CC[C@@]1(OC(=O)[C@@H](NC(=O)[C@@H]2CCCN2C(=O)[C@H](CC(=O)O)NC(=O)CCOCCOCCOCCNC(=O)[C@H](CCCCNC(=O)OC(C)(C)C)NC(=O)OC(C)(C)C)C(C)C)C(=O)OCc2c1cc1n(c2=O)Cc2cc3cc4c(cc3nc2-1)OCO4. The number of amides is 6. The number of carbonyl (C=O) groups is 9. The molecule has 3 aromatic rings. The highest BCUT2D eigenvalue weighted by Crippen LogP contribution is 2.43. The summed E-state index contributed by atoms with van der Waals surface area (Å²) in [7, 11) is 0. The van der Waals surface area contributed by atoms with Crippen LogP contribution in [0, 0.1) is 5.92 Å². The number of carboxylic acid groups (broad SMARTS) is 1. The maximum Gasteiger partial charge on any atom is 0.408 e. The van der Waals surface area contributed by atoms with Crippen LogP contribution in [0.4, 0.5) is 9.59 Å². The lowest BCUT2D eigenvalue weighted by atomic mass is 9.85. The second kappa shape index (κ2) is 29.7. The highest BCUT2D eigenvalue weighted by Gasteiger charge is 2.52. The van der Waals surface area contributed by atoms with Crippen LogP contribution >= 0.6 is 0 Å². The lowest BCUT2D eigenvalue weighted by Crippen LogP contribution is -2.57. The molecule has 0 bridgehead atoms. The van der Waals surface area contributed by atoms with Gasteiger partial charge in [0.15, 0.2) is 11.5 Å². The van der Waals surface area contributed by atoms with Crippen molar-refractivity contribution in [3.8, 4) is 22.9 Å². The zero-order valence-corrected chi connectivity index (χ0v) is 51.4. The average Bonchev–Trinajstić information content (AvgIpc) is 1.55. The number of esters is 2. The number of hydrogen-bond donors (Lipinski definition) is 6. The number of nitrogens with zero attached hydrogens (tertiary/aromatic N) is 3. The van der Waals surface area contributed by atoms with E-state index < -0.39 is 113 Å². The summed E-state index contributed by atoms with van der Waals surface area (Å²) < 4.78 is 51.5. The molecule has 1 fully saturated rings. The minimum atomic E-state index is -2.10. The van der Waals surface area contributed by atoms with E-state index in [2.05, 4.69) is 26.6 Å². The van der Waals surface area contributed by atoms with Gasteiger partial charge >= 0.3 is 30.1 Å². The normalized spacial score (nSPS) is 17.6. The first kappa shape index (κ1) is 67.4. The Hall–Kier alpha value is -8.11. The fraction of sp³-hybridized carbons (Fsp3) is 0.617. The summed E-state index contributed by atoms with van der Waals surface area (Å²) in [5, 5.41) is 23.7. The van der Waals surface area contributed by atoms with Crippen LogP contribution in [0.15, 0.2) is 29.1 Å². The molecule has 482 valence electrons. The van der Waals surface area contributed by atoms with Gasteiger partial charge < -0.3 is 83.8 Å². The molecule has 5 atom stereocenters. The Bertz CT molecular complexity index is 3150. The Labute approximate surface area is 509 Å². The first-order valence-electron chi connectivity index (χ1n) is 29.7. The number of aliphatic carboxylic acids is 1. The second-order valence-electron chi connectivity index (χ2n) is 24.0. The number of aromatic nitrogens is 2. The van der Waals surface area contributed by atoms with Crippen molar-refractivity contribution in [3.05, 3.63) is 51.3 Å². The number of pyridine rings is 2. The minimum Gasteiger partial charge on any atom is -0.481 e. The highest BCUT2D eigenvalue weighted by molar-refractivity contribution is 5.96.